The molecular formula is C23H24F2N6O2. The van der Waals surface area contributed by atoms with Crippen LogP contribution in [0, 0.1) is 5.82 Å². The van der Waals surface area contributed by atoms with Gasteiger partial charge in [-0.05, 0) is 31.4 Å². The molecule has 172 valence electrons. The van der Waals surface area contributed by atoms with Gasteiger partial charge in [0, 0.05) is 43.4 Å². The van der Waals surface area contributed by atoms with Crippen molar-refractivity contribution in [2.75, 3.05) is 11.9 Å². The van der Waals surface area contributed by atoms with Crippen LogP contribution in [0.15, 0.2) is 41.7 Å². The molecule has 0 radical (unpaired) electrons. The van der Waals surface area contributed by atoms with Crippen LogP contribution >= 0.6 is 0 Å². The lowest BCUT2D eigenvalue weighted by Crippen LogP contribution is -2.55. The lowest BCUT2D eigenvalue weighted by Gasteiger charge is -2.38. The highest BCUT2D eigenvalue weighted by Gasteiger charge is 2.43. The van der Waals surface area contributed by atoms with E-state index in [2.05, 4.69) is 20.3 Å². The summed E-state index contributed by atoms with van der Waals surface area (Å²) in [5.41, 5.74) is 0.218. The van der Waals surface area contributed by atoms with Gasteiger partial charge in [-0.1, -0.05) is 0 Å². The van der Waals surface area contributed by atoms with E-state index in [1.54, 1.807) is 19.0 Å². The molecule has 2 bridgehead atoms. The molecule has 4 heterocycles. The minimum Gasteiger partial charge on any atom is -0.507 e. The average molecular weight is 454 g/mol. The van der Waals surface area contributed by atoms with Crippen molar-refractivity contribution in [2.24, 2.45) is 7.05 Å². The molecule has 0 aliphatic carbocycles. The van der Waals surface area contributed by atoms with Crippen LogP contribution in [0.5, 0.6) is 5.75 Å². The highest BCUT2D eigenvalue weighted by Crippen LogP contribution is 2.35. The number of anilines is 1. The summed E-state index contributed by atoms with van der Waals surface area (Å²) in [4.78, 5) is 26.4. The fraction of sp³-hybridized carbons (Fsp3) is 0.391. The van der Waals surface area contributed by atoms with E-state index in [4.69, 9.17) is 0 Å². The Balaban J connectivity index is 1.40. The second kappa shape index (κ2) is 8.18. The van der Waals surface area contributed by atoms with Crippen LogP contribution in [-0.4, -0.2) is 56.0 Å². The van der Waals surface area contributed by atoms with Gasteiger partial charge in [0.2, 0.25) is 0 Å². The Hall–Kier alpha value is -3.40. The van der Waals surface area contributed by atoms with Crippen molar-refractivity contribution >= 4 is 5.82 Å². The molecule has 33 heavy (non-hydrogen) atoms. The maximum absolute atomic E-state index is 14.9. The molecule has 4 atom stereocenters. The van der Waals surface area contributed by atoms with E-state index in [1.807, 2.05) is 0 Å². The fourth-order valence-corrected chi connectivity index (χ4v) is 4.73. The number of rotatable bonds is 4. The number of benzene rings is 1. The van der Waals surface area contributed by atoms with Gasteiger partial charge in [0.15, 0.2) is 0 Å². The molecule has 0 spiro atoms. The number of aryl methyl sites for hydroxylation is 1. The third-order valence-electron chi connectivity index (χ3n) is 6.67. The number of hydrogen-bond donors (Lipinski definition) is 2. The third-order valence-corrected chi connectivity index (χ3v) is 6.67. The number of aromatic nitrogens is 4. The predicted molar refractivity (Wildman–Crippen MR) is 119 cm³/mol. The number of alkyl halides is 1. The quantitative estimate of drug-likeness (QED) is 0.625. The van der Waals surface area contributed by atoms with Gasteiger partial charge in [0.05, 0.1) is 36.2 Å². The molecule has 2 saturated heterocycles. The maximum Gasteiger partial charge on any atom is 0.253 e. The molecule has 0 saturated carbocycles. The Labute approximate surface area is 189 Å². The van der Waals surface area contributed by atoms with Gasteiger partial charge in [-0.25, -0.2) is 18.7 Å². The van der Waals surface area contributed by atoms with Crippen molar-refractivity contribution in [3.05, 3.63) is 53.1 Å². The van der Waals surface area contributed by atoms with Crippen LogP contribution < -0.4 is 15.8 Å². The van der Waals surface area contributed by atoms with Crippen LogP contribution in [-0.2, 0) is 7.05 Å². The Morgan fingerprint density at radius 1 is 1.12 bits per heavy atom. The first-order chi connectivity index (χ1) is 15.8. The SMILES string of the molecule is CN(c1cnc(-c2cc(F)c(-c3cc(=O)n(C)cn3)cc2O)cn1)C1CC2CCC(N2)C1F. The zero-order chi connectivity index (χ0) is 23.3. The molecule has 2 fully saturated rings. The predicted octanol–water partition coefficient (Wildman–Crippen LogP) is 2.42. The summed E-state index contributed by atoms with van der Waals surface area (Å²) in [6.45, 7) is 0. The Morgan fingerprint density at radius 3 is 2.67 bits per heavy atom. The van der Waals surface area contributed by atoms with E-state index < -0.39 is 12.0 Å². The van der Waals surface area contributed by atoms with Crippen LogP contribution in [0.2, 0.25) is 0 Å². The Bertz CT molecular complexity index is 1250. The first-order valence-corrected chi connectivity index (χ1v) is 10.8. The lowest BCUT2D eigenvalue weighted by atomic mass is 9.96. The first kappa shape index (κ1) is 21.4. The smallest absolute Gasteiger partial charge is 0.253 e. The second-order valence-electron chi connectivity index (χ2n) is 8.74. The van der Waals surface area contributed by atoms with Crippen molar-refractivity contribution in [1.29, 1.82) is 0 Å². The van der Waals surface area contributed by atoms with E-state index in [-0.39, 0.29) is 45.9 Å². The van der Waals surface area contributed by atoms with E-state index in [0.717, 1.165) is 18.9 Å². The van der Waals surface area contributed by atoms with Crippen molar-refractivity contribution in [1.82, 2.24) is 24.8 Å². The van der Waals surface area contributed by atoms with Gasteiger partial charge in [-0.2, -0.15) is 0 Å². The van der Waals surface area contributed by atoms with E-state index in [0.29, 0.717) is 18.3 Å². The molecule has 8 nitrogen and oxygen atoms in total. The van der Waals surface area contributed by atoms with E-state index in [9.17, 15) is 18.7 Å². The molecule has 3 aromatic rings. The topological polar surface area (TPSA) is 96.2 Å². The molecule has 5 rings (SSSR count). The molecule has 0 amide bonds. The summed E-state index contributed by atoms with van der Waals surface area (Å²) in [5.74, 6) is -0.367. The summed E-state index contributed by atoms with van der Waals surface area (Å²) < 4.78 is 31.0. The van der Waals surface area contributed by atoms with Gasteiger partial charge in [-0.3, -0.25) is 9.78 Å². The lowest BCUT2D eigenvalue weighted by molar-refractivity contribution is 0.176. The summed E-state index contributed by atoms with van der Waals surface area (Å²) >= 11 is 0. The largest absolute Gasteiger partial charge is 0.507 e. The number of nitrogens with one attached hydrogen (secondary N) is 1. The zero-order valence-electron chi connectivity index (χ0n) is 18.2. The van der Waals surface area contributed by atoms with Gasteiger partial charge < -0.3 is 19.9 Å². The summed E-state index contributed by atoms with van der Waals surface area (Å²) in [6, 6.07) is 3.46. The summed E-state index contributed by atoms with van der Waals surface area (Å²) in [6.07, 6.45) is 5.74. The third kappa shape index (κ3) is 3.84. The summed E-state index contributed by atoms with van der Waals surface area (Å²) in [7, 11) is 3.34. The molecule has 2 aliphatic heterocycles. The van der Waals surface area contributed by atoms with Crippen molar-refractivity contribution in [3.8, 4) is 28.3 Å². The number of halogens is 2. The van der Waals surface area contributed by atoms with Gasteiger partial charge in [0.25, 0.3) is 5.56 Å². The standard InChI is InChI=1S/C23H24F2N6O2/c1-30-11-28-17(8-22(30)33)13-7-20(32)14(6-15(13)24)18-9-27-21(10-26-18)31(2)19-5-12-3-4-16(29-12)23(19)25/h6-12,16,19,23,29,32H,3-5H2,1-2H3. The maximum atomic E-state index is 14.9. The van der Waals surface area contributed by atoms with Crippen LogP contribution in [0.25, 0.3) is 22.5 Å². The highest BCUT2D eigenvalue weighted by atomic mass is 19.1. The number of piperidine rings is 1. The van der Waals surface area contributed by atoms with Crippen molar-refractivity contribution < 1.29 is 13.9 Å². The average Bonchev–Trinajstić information content (AvgIpc) is 3.22. The zero-order valence-corrected chi connectivity index (χ0v) is 18.2. The normalized spacial score (nSPS) is 24.1. The summed E-state index contributed by atoms with van der Waals surface area (Å²) in [5, 5.41) is 13.8. The number of phenols is 1. The van der Waals surface area contributed by atoms with E-state index in [1.165, 1.54) is 35.4 Å². The monoisotopic (exact) mass is 454 g/mol. The highest BCUT2D eigenvalue weighted by molar-refractivity contribution is 5.73. The number of phenolic OH excluding ortho intramolecular Hbond substituents is 1. The van der Waals surface area contributed by atoms with E-state index >= 15 is 0 Å². The Kier molecular flexibility index (Phi) is 5.32. The molecule has 1 aromatic carbocycles. The van der Waals surface area contributed by atoms with Crippen LogP contribution in [0.3, 0.4) is 0 Å². The molecule has 2 N–H and O–H groups in total. The number of nitrogens with zero attached hydrogens (tertiary/aromatic N) is 5. The number of aromatic hydroxyl groups is 1. The van der Waals surface area contributed by atoms with Crippen LogP contribution in [0.4, 0.5) is 14.6 Å². The number of fused-ring (bicyclic) bond motifs is 2. The molecule has 10 heteroatoms. The second-order valence-corrected chi connectivity index (χ2v) is 8.74. The van der Waals surface area contributed by atoms with Gasteiger partial charge >= 0.3 is 0 Å². The van der Waals surface area contributed by atoms with Gasteiger partial charge in [-0.15, -0.1) is 0 Å². The Morgan fingerprint density at radius 2 is 1.94 bits per heavy atom. The fourth-order valence-electron chi connectivity index (χ4n) is 4.73. The molecule has 2 aliphatic rings. The minimum atomic E-state index is -0.996. The molecular weight excluding hydrogens is 430 g/mol. The van der Waals surface area contributed by atoms with Gasteiger partial charge in [0.1, 0.15) is 23.6 Å². The number of hydrogen-bond acceptors (Lipinski definition) is 7. The first-order valence-electron chi connectivity index (χ1n) is 10.8. The molecule has 2 aromatic heterocycles. The van der Waals surface area contributed by atoms with Crippen LogP contribution in [0.1, 0.15) is 19.3 Å². The molecule has 4 unspecified atom stereocenters. The minimum absolute atomic E-state index is 0.00721. The van der Waals surface area contributed by atoms with Crippen molar-refractivity contribution in [3.63, 3.8) is 0 Å². The van der Waals surface area contributed by atoms with Crippen molar-refractivity contribution in [2.45, 2.75) is 43.6 Å².